The van der Waals surface area contributed by atoms with E-state index in [4.69, 9.17) is 14.2 Å². The molecule has 0 aromatic heterocycles. The first-order chi connectivity index (χ1) is 36.5. The summed E-state index contributed by atoms with van der Waals surface area (Å²) in [5.74, 6) is -0.886. The molecule has 0 aliphatic rings. The zero-order valence-corrected chi connectivity index (χ0v) is 48.8. The van der Waals surface area contributed by atoms with Gasteiger partial charge in [-0.05, 0) is 109 Å². The third kappa shape index (κ3) is 59.5. The Bertz CT molecular complexity index is 1420. The zero-order valence-electron chi connectivity index (χ0n) is 48.8. The van der Waals surface area contributed by atoms with E-state index in [1.807, 2.05) is 0 Å². The number of carbonyl (C=O) groups is 3. The maximum absolute atomic E-state index is 12.9. The van der Waals surface area contributed by atoms with E-state index in [-0.39, 0.29) is 31.1 Å². The SMILES string of the molecule is CC/C=C\C/C=C\C/C=C\C/C=C\C/C=C\CCCCCCCCCCCCCCCC(=O)OCC(COC(=O)CCCCCCC/C=C\CCC)OC(=O)CCCCCCCCC/C=C\CCCCCCCC. The molecule has 0 aliphatic heterocycles. The van der Waals surface area contributed by atoms with Crippen LogP contribution in [0.15, 0.2) is 85.1 Å². The smallest absolute Gasteiger partial charge is 0.306 e. The number of allylic oxidation sites excluding steroid dienone is 14. The first-order valence-corrected chi connectivity index (χ1v) is 31.6. The van der Waals surface area contributed by atoms with Crippen LogP contribution in [0.3, 0.4) is 0 Å². The molecule has 0 aromatic carbocycles. The first kappa shape index (κ1) is 70.6. The summed E-state index contributed by atoms with van der Waals surface area (Å²) >= 11 is 0. The average Bonchev–Trinajstić information content (AvgIpc) is 3.40. The van der Waals surface area contributed by atoms with Gasteiger partial charge in [-0.2, -0.15) is 0 Å². The van der Waals surface area contributed by atoms with Crippen molar-refractivity contribution in [2.24, 2.45) is 0 Å². The van der Waals surface area contributed by atoms with E-state index in [0.717, 1.165) is 103 Å². The minimum atomic E-state index is -0.781. The fourth-order valence-electron chi connectivity index (χ4n) is 8.88. The molecule has 1 atom stereocenters. The van der Waals surface area contributed by atoms with Crippen LogP contribution in [0.2, 0.25) is 0 Å². The Hall–Kier alpha value is -3.41. The Kier molecular flexibility index (Phi) is 59.3. The summed E-state index contributed by atoms with van der Waals surface area (Å²) in [6, 6.07) is 0. The number of ether oxygens (including phenoxy) is 3. The Morgan fingerprint density at radius 1 is 0.284 bits per heavy atom. The summed E-state index contributed by atoms with van der Waals surface area (Å²) in [5, 5.41) is 0. The Morgan fingerprint density at radius 2 is 0.554 bits per heavy atom. The summed E-state index contributed by atoms with van der Waals surface area (Å²) in [4.78, 5) is 38.2. The second-order valence-corrected chi connectivity index (χ2v) is 20.9. The van der Waals surface area contributed by atoms with E-state index in [9.17, 15) is 14.4 Å². The molecule has 0 aromatic rings. The van der Waals surface area contributed by atoms with Crippen LogP contribution in [0.1, 0.15) is 310 Å². The maximum atomic E-state index is 12.9. The van der Waals surface area contributed by atoms with Gasteiger partial charge in [-0.25, -0.2) is 0 Å². The van der Waals surface area contributed by atoms with E-state index in [2.05, 4.69) is 106 Å². The molecule has 0 saturated heterocycles. The van der Waals surface area contributed by atoms with E-state index in [1.165, 1.54) is 167 Å². The average molecular weight is 1030 g/mol. The van der Waals surface area contributed by atoms with E-state index in [1.54, 1.807) is 0 Å². The lowest BCUT2D eigenvalue weighted by Gasteiger charge is -2.18. The molecule has 0 bridgehead atoms. The summed E-state index contributed by atoms with van der Waals surface area (Å²) in [6.45, 7) is 6.47. The Balaban J connectivity index is 4.19. The van der Waals surface area contributed by atoms with Gasteiger partial charge in [0.05, 0.1) is 0 Å². The third-order valence-corrected chi connectivity index (χ3v) is 13.6. The van der Waals surface area contributed by atoms with Crippen LogP contribution in [0.25, 0.3) is 0 Å². The number of hydrogen-bond donors (Lipinski definition) is 0. The normalized spacial score (nSPS) is 12.6. The van der Waals surface area contributed by atoms with Crippen LogP contribution < -0.4 is 0 Å². The van der Waals surface area contributed by atoms with Crippen molar-refractivity contribution in [3.8, 4) is 0 Å². The molecule has 0 heterocycles. The van der Waals surface area contributed by atoms with Crippen LogP contribution in [-0.4, -0.2) is 37.2 Å². The van der Waals surface area contributed by atoms with E-state index < -0.39 is 6.10 Å². The molecule has 0 spiro atoms. The summed E-state index contributed by atoms with van der Waals surface area (Å²) in [6.07, 6.45) is 81.7. The molecule has 0 fully saturated rings. The minimum Gasteiger partial charge on any atom is -0.462 e. The number of rotatable bonds is 57. The molecule has 426 valence electrons. The standard InChI is InChI=1S/C68H118O6/c1-4-7-10-13-16-19-22-24-26-28-29-30-31-32-33-34-35-36-37-38-39-41-42-44-46-49-52-55-58-61-67(70)73-64-65(63-72-66(69)60-57-54-51-48-21-18-15-12-9-6-3)74-68(71)62-59-56-53-50-47-45-43-40-27-25-23-20-17-14-11-8-5-2/h7,10,12,15-16,19,24-27,29-30,32-33,65H,4-6,8-9,11,13-14,17-18,20-23,28,31,34-64H2,1-3H3/b10-7-,15-12-,19-16-,26-24-,27-25-,30-29-,33-32-. The van der Waals surface area contributed by atoms with Gasteiger partial charge in [0, 0.05) is 19.3 Å². The minimum absolute atomic E-state index is 0.0795. The van der Waals surface area contributed by atoms with Gasteiger partial charge in [0.25, 0.3) is 0 Å². The molecule has 74 heavy (non-hydrogen) atoms. The topological polar surface area (TPSA) is 78.9 Å². The highest BCUT2D eigenvalue weighted by molar-refractivity contribution is 5.71. The molecule has 6 nitrogen and oxygen atoms in total. The van der Waals surface area contributed by atoms with E-state index in [0.29, 0.717) is 19.3 Å². The number of carbonyl (C=O) groups excluding carboxylic acids is 3. The van der Waals surface area contributed by atoms with Gasteiger partial charge < -0.3 is 14.2 Å². The molecule has 0 amide bonds. The highest BCUT2D eigenvalue weighted by Gasteiger charge is 2.19. The van der Waals surface area contributed by atoms with Crippen molar-refractivity contribution in [3.63, 3.8) is 0 Å². The highest BCUT2D eigenvalue weighted by Crippen LogP contribution is 2.16. The summed E-state index contributed by atoms with van der Waals surface area (Å²) < 4.78 is 16.9. The molecule has 0 N–H and O–H groups in total. The molecule has 1 unspecified atom stereocenters. The molecular weight excluding hydrogens is 913 g/mol. The van der Waals surface area contributed by atoms with Crippen molar-refractivity contribution in [1.29, 1.82) is 0 Å². The molecule has 6 heteroatoms. The van der Waals surface area contributed by atoms with Crippen molar-refractivity contribution in [2.45, 2.75) is 316 Å². The Labute approximate surface area is 458 Å². The Morgan fingerprint density at radius 3 is 0.892 bits per heavy atom. The number of unbranched alkanes of at least 4 members (excludes halogenated alkanes) is 32. The summed E-state index contributed by atoms with van der Waals surface area (Å²) in [7, 11) is 0. The van der Waals surface area contributed by atoms with Gasteiger partial charge in [-0.3, -0.25) is 14.4 Å². The third-order valence-electron chi connectivity index (χ3n) is 13.6. The van der Waals surface area contributed by atoms with Crippen molar-refractivity contribution in [1.82, 2.24) is 0 Å². The van der Waals surface area contributed by atoms with Crippen LogP contribution in [0.4, 0.5) is 0 Å². The monoisotopic (exact) mass is 1030 g/mol. The van der Waals surface area contributed by atoms with E-state index >= 15 is 0 Å². The van der Waals surface area contributed by atoms with Crippen molar-refractivity contribution >= 4 is 17.9 Å². The van der Waals surface area contributed by atoms with Crippen LogP contribution in [0, 0.1) is 0 Å². The number of hydrogen-bond acceptors (Lipinski definition) is 6. The second-order valence-electron chi connectivity index (χ2n) is 20.9. The van der Waals surface area contributed by atoms with Gasteiger partial charge in [0.15, 0.2) is 6.10 Å². The molecule has 0 saturated carbocycles. The van der Waals surface area contributed by atoms with Crippen LogP contribution in [0.5, 0.6) is 0 Å². The van der Waals surface area contributed by atoms with Gasteiger partial charge in [0.1, 0.15) is 13.2 Å². The highest BCUT2D eigenvalue weighted by atomic mass is 16.6. The van der Waals surface area contributed by atoms with Gasteiger partial charge in [-0.15, -0.1) is 0 Å². The predicted molar refractivity (Wildman–Crippen MR) is 321 cm³/mol. The number of esters is 3. The van der Waals surface area contributed by atoms with Crippen molar-refractivity contribution in [3.05, 3.63) is 85.1 Å². The summed E-state index contributed by atoms with van der Waals surface area (Å²) in [5.41, 5.74) is 0. The predicted octanol–water partition coefficient (Wildman–Crippen LogP) is 21.5. The van der Waals surface area contributed by atoms with Gasteiger partial charge in [0.2, 0.25) is 0 Å². The second kappa shape index (κ2) is 62.1. The van der Waals surface area contributed by atoms with Crippen LogP contribution >= 0.6 is 0 Å². The fraction of sp³-hybridized carbons (Fsp3) is 0.750. The lowest BCUT2D eigenvalue weighted by atomic mass is 10.0. The fourth-order valence-corrected chi connectivity index (χ4v) is 8.88. The molecule has 0 aliphatic carbocycles. The quantitative estimate of drug-likeness (QED) is 0.0261. The van der Waals surface area contributed by atoms with Crippen molar-refractivity contribution < 1.29 is 28.6 Å². The van der Waals surface area contributed by atoms with Crippen molar-refractivity contribution in [2.75, 3.05) is 13.2 Å². The maximum Gasteiger partial charge on any atom is 0.306 e. The molecule has 0 rings (SSSR count). The zero-order chi connectivity index (χ0) is 53.6. The molecule has 0 radical (unpaired) electrons. The lowest BCUT2D eigenvalue weighted by Crippen LogP contribution is -2.30. The van der Waals surface area contributed by atoms with Gasteiger partial charge >= 0.3 is 17.9 Å². The largest absolute Gasteiger partial charge is 0.462 e. The lowest BCUT2D eigenvalue weighted by molar-refractivity contribution is -0.167. The first-order valence-electron chi connectivity index (χ1n) is 31.6. The van der Waals surface area contributed by atoms with Crippen LogP contribution in [-0.2, 0) is 28.6 Å². The van der Waals surface area contributed by atoms with Gasteiger partial charge in [-0.1, -0.05) is 266 Å². The molecular formula is C68H118O6.